The van der Waals surface area contributed by atoms with Crippen LogP contribution in [-0.4, -0.2) is 41.9 Å². The van der Waals surface area contributed by atoms with Gasteiger partial charge in [0.05, 0.1) is 18.1 Å². The molecule has 4 aromatic heterocycles. The third kappa shape index (κ3) is 3.18. The van der Waals surface area contributed by atoms with Gasteiger partial charge in [0, 0.05) is 32.6 Å². The normalized spacial score (nSPS) is 11.0. The Morgan fingerprint density at radius 2 is 1.97 bits per heavy atom. The van der Waals surface area contributed by atoms with Gasteiger partial charge in [-0.3, -0.25) is 18.8 Å². The van der Waals surface area contributed by atoms with Gasteiger partial charge < -0.3 is 16.4 Å². The van der Waals surface area contributed by atoms with E-state index in [1.165, 1.54) is 15.3 Å². The number of aromatic nitrogens is 6. The highest BCUT2D eigenvalue weighted by molar-refractivity contribution is 5.98. The maximum Gasteiger partial charge on any atom is 0.278 e. The van der Waals surface area contributed by atoms with Crippen molar-refractivity contribution in [2.24, 2.45) is 12.8 Å². The number of nitrogens with one attached hydrogen (secondary N) is 2. The van der Waals surface area contributed by atoms with Gasteiger partial charge in [-0.05, 0) is 18.6 Å². The maximum atomic E-state index is 13.0. The van der Waals surface area contributed by atoms with Gasteiger partial charge in [0.25, 0.3) is 11.5 Å². The number of aryl methyl sites for hydroxylation is 2. The molecule has 0 fully saturated rings. The van der Waals surface area contributed by atoms with E-state index < -0.39 is 5.91 Å². The number of fused-ring (bicyclic) bond motifs is 1. The van der Waals surface area contributed by atoms with Crippen LogP contribution in [0.1, 0.15) is 15.9 Å². The monoisotopic (exact) mass is 393 g/mol. The van der Waals surface area contributed by atoms with Crippen LogP contribution in [0.15, 0.2) is 41.7 Å². The number of carbonyl (C=O) groups is 1. The van der Waals surface area contributed by atoms with E-state index in [1.54, 1.807) is 49.5 Å². The molecule has 11 heteroatoms. The fraction of sp³-hybridized carbons (Fsp3) is 0.167. The summed E-state index contributed by atoms with van der Waals surface area (Å²) >= 11 is 0. The molecule has 4 rings (SSSR count). The molecule has 0 aliphatic carbocycles. The molecule has 148 valence electrons. The first-order valence-corrected chi connectivity index (χ1v) is 8.73. The summed E-state index contributed by atoms with van der Waals surface area (Å²) in [7, 11) is 3.50. The number of hydrogen-bond donors (Lipinski definition) is 3. The van der Waals surface area contributed by atoms with Crippen LogP contribution < -0.4 is 21.9 Å². The number of pyridine rings is 1. The number of rotatable bonds is 5. The molecule has 0 aliphatic heterocycles. The first-order chi connectivity index (χ1) is 13.9. The van der Waals surface area contributed by atoms with Gasteiger partial charge in [-0.15, -0.1) is 0 Å². The van der Waals surface area contributed by atoms with E-state index in [1.807, 2.05) is 6.92 Å². The summed E-state index contributed by atoms with van der Waals surface area (Å²) in [4.78, 5) is 29.1. The zero-order valence-corrected chi connectivity index (χ0v) is 16.0. The lowest BCUT2D eigenvalue weighted by Crippen LogP contribution is -2.21. The lowest BCUT2D eigenvalue weighted by atomic mass is 10.2. The number of amides is 1. The number of nitrogens with zero attached hydrogens (tertiary/aromatic N) is 6. The second-order valence-corrected chi connectivity index (χ2v) is 6.54. The summed E-state index contributed by atoms with van der Waals surface area (Å²) in [5.74, 6) is 0.303. The SMILES string of the molecule is CNc1cc(Nc2cc(C)cn(-c3cnn(C)c3)c2=O)nc2c(C(N)=O)cnn12. The van der Waals surface area contributed by atoms with E-state index in [4.69, 9.17) is 5.73 Å². The van der Waals surface area contributed by atoms with Gasteiger partial charge in [0.1, 0.15) is 22.9 Å². The van der Waals surface area contributed by atoms with Crippen LogP contribution in [0.4, 0.5) is 17.3 Å². The van der Waals surface area contributed by atoms with E-state index in [9.17, 15) is 9.59 Å². The summed E-state index contributed by atoms with van der Waals surface area (Å²) in [6.45, 7) is 1.88. The number of nitrogens with two attached hydrogens (primary N) is 1. The van der Waals surface area contributed by atoms with Crippen molar-refractivity contribution in [2.75, 3.05) is 17.7 Å². The first-order valence-electron chi connectivity index (χ1n) is 8.73. The van der Waals surface area contributed by atoms with Crippen LogP contribution in [0.3, 0.4) is 0 Å². The smallest absolute Gasteiger partial charge is 0.278 e. The Morgan fingerprint density at radius 3 is 2.62 bits per heavy atom. The standard InChI is InChI=1S/C18H19N9O2/c1-10-4-13(18(29)26(8-10)11-6-21-25(3)9-11)23-14-5-15(20-2)27-17(24-14)12(7-22-27)16(19)28/h4-9,20H,1-3H3,(H2,19,28)(H,23,24). The Morgan fingerprint density at radius 1 is 1.17 bits per heavy atom. The van der Waals surface area contributed by atoms with E-state index in [0.29, 0.717) is 23.0 Å². The van der Waals surface area contributed by atoms with Gasteiger partial charge in [0.2, 0.25) is 0 Å². The highest BCUT2D eigenvalue weighted by Crippen LogP contribution is 2.21. The Labute approximate surface area is 164 Å². The second-order valence-electron chi connectivity index (χ2n) is 6.54. The number of carbonyl (C=O) groups excluding carboxylic acids is 1. The van der Waals surface area contributed by atoms with Crippen molar-refractivity contribution in [3.05, 3.63) is 58.4 Å². The van der Waals surface area contributed by atoms with E-state index >= 15 is 0 Å². The average Bonchev–Trinajstić information content (AvgIpc) is 3.30. The van der Waals surface area contributed by atoms with Gasteiger partial charge in [0.15, 0.2) is 5.65 Å². The van der Waals surface area contributed by atoms with Crippen LogP contribution in [0.25, 0.3) is 11.3 Å². The van der Waals surface area contributed by atoms with Crippen LogP contribution in [0.5, 0.6) is 0 Å². The highest BCUT2D eigenvalue weighted by atomic mass is 16.1. The molecule has 0 unspecified atom stereocenters. The summed E-state index contributed by atoms with van der Waals surface area (Å²) in [6.07, 6.45) is 6.46. The Kier molecular flexibility index (Phi) is 4.26. The largest absolute Gasteiger partial charge is 0.373 e. The summed E-state index contributed by atoms with van der Waals surface area (Å²) in [5, 5.41) is 14.3. The third-order valence-corrected chi connectivity index (χ3v) is 4.38. The summed E-state index contributed by atoms with van der Waals surface area (Å²) in [5.41, 5.74) is 7.46. The highest BCUT2D eigenvalue weighted by Gasteiger charge is 2.16. The molecule has 4 aromatic rings. The third-order valence-electron chi connectivity index (χ3n) is 4.38. The zero-order valence-electron chi connectivity index (χ0n) is 16.0. The van der Waals surface area contributed by atoms with Crippen molar-refractivity contribution >= 4 is 28.9 Å². The van der Waals surface area contributed by atoms with Crippen molar-refractivity contribution in [3.8, 4) is 5.69 Å². The Bertz CT molecular complexity index is 1300. The molecule has 0 aromatic carbocycles. The number of hydrogen-bond acceptors (Lipinski definition) is 7. The van der Waals surface area contributed by atoms with Crippen molar-refractivity contribution in [1.82, 2.24) is 28.9 Å². The zero-order chi connectivity index (χ0) is 20.7. The lowest BCUT2D eigenvalue weighted by Gasteiger charge is -2.12. The van der Waals surface area contributed by atoms with E-state index in [0.717, 1.165) is 5.56 Å². The van der Waals surface area contributed by atoms with Crippen LogP contribution >= 0.6 is 0 Å². The number of anilines is 3. The quantitative estimate of drug-likeness (QED) is 0.456. The molecule has 1 amide bonds. The van der Waals surface area contributed by atoms with Gasteiger partial charge >= 0.3 is 0 Å². The van der Waals surface area contributed by atoms with Crippen LogP contribution in [0, 0.1) is 6.92 Å². The van der Waals surface area contributed by atoms with Gasteiger partial charge in [-0.2, -0.15) is 14.7 Å². The van der Waals surface area contributed by atoms with E-state index in [2.05, 4.69) is 25.8 Å². The second kappa shape index (κ2) is 6.78. The minimum atomic E-state index is -0.638. The van der Waals surface area contributed by atoms with Gasteiger partial charge in [-0.1, -0.05) is 0 Å². The fourth-order valence-corrected chi connectivity index (χ4v) is 3.05. The fourth-order valence-electron chi connectivity index (χ4n) is 3.05. The lowest BCUT2D eigenvalue weighted by molar-refractivity contribution is 0.100. The molecule has 0 saturated carbocycles. The van der Waals surface area contributed by atoms with Crippen LogP contribution in [0.2, 0.25) is 0 Å². The van der Waals surface area contributed by atoms with Gasteiger partial charge in [-0.25, -0.2) is 4.98 Å². The molecule has 0 radical (unpaired) electrons. The molecule has 11 nitrogen and oxygen atoms in total. The van der Waals surface area contributed by atoms with Crippen molar-refractivity contribution in [1.29, 1.82) is 0 Å². The van der Waals surface area contributed by atoms with Crippen molar-refractivity contribution in [2.45, 2.75) is 6.92 Å². The average molecular weight is 393 g/mol. The van der Waals surface area contributed by atoms with Crippen LogP contribution in [-0.2, 0) is 7.05 Å². The summed E-state index contributed by atoms with van der Waals surface area (Å²) < 4.78 is 4.60. The Balaban J connectivity index is 1.83. The minimum Gasteiger partial charge on any atom is -0.373 e. The summed E-state index contributed by atoms with van der Waals surface area (Å²) in [6, 6.07) is 3.41. The molecule has 0 bridgehead atoms. The minimum absolute atomic E-state index is 0.183. The molecular formula is C18H19N9O2. The van der Waals surface area contributed by atoms with Crippen molar-refractivity contribution < 1.29 is 4.79 Å². The first kappa shape index (κ1) is 18.2. The molecule has 0 saturated heterocycles. The predicted molar refractivity (Wildman–Crippen MR) is 108 cm³/mol. The molecule has 0 atom stereocenters. The Hall–Kier alpha value is -4.15. The molecule has 0 aliphatic rings. The van der Waals surface area contributed by atoms with E-state index in [-0.39, 0.29) is 16.8 Å². The topological polar surface area (TPSA) is 137 Å². The molecule has 4 heterocycles. The maximum absolute atomic E-state index is 13.0. The molecule has 0 spiro atoms. The molecule has 29 heavy (non-hydrogen) atoms. The number of primary amides is 1. The molecular weight excluding hydrogens is 374 g/mol. The van der Waals surface area contributed by atoms with Crippen molar-refractivity contribution in [3.63, 3.8) is 0 Å². The predicted octanol–water partition coefficient (Wildman–Crippen LogP) is 0.806. The molecule has 4 N–H and O–H groups in total.